The molecule has 0 saturated carbocycles. The molecule has 5 saturated heterocycles. The second-order valence-electron chi connectivity index (χ2n) is 24.4. The smallest absolute Gasteiger partial charge is 0.409 e. The zero-order chi connectivity index (χ0) is 57.1. The van der Waals surface area contributed by atoms with Crippen LogP contribution in [-0.4, -0.2) is 152 Å². The number of carbonyl (C=O) groups excluding carboxylic acids is 3. The molecule has 2 N–H and O–H groups in total. The normalized spacial score (nSPS) is 23.4. The van der Waals surface area contributed by atoms with Crippen molar-refractivity contribution in [1.29, 1.82) is 0 Å². The van der Waals surface area contributed by atoms with Crippen LogP contribution in [0.3, 0.4) is 0 Å². The number of pyridine rings is 1. The summed E-state index contributed by atoms with van der Waals surface area (Å²) in [6.07, 6.45) is 9.46. The van der Waals surface area contributed by atoms with Gasteiger partial charge in [-0.05, 0) is 92.3 Å². The summed E-state index contributed by atoms with van der Waals surface area (Å²) in [5, 5.41) is 21.8. The summed E-state index contributed by atoms with van der Waals surface area (Å²) in [7, 11) is 0. The standard InChI is InChI=1S/C64H75N11O7S/c1-38(2)53(61(78)74-34-46(76)31-50(74)60(77)67-40(4)42-17-19-44(20-18-42)58-41(5)66-37-83-58)51-32-52(70-82-51)71-27-29-73(30-28-71)63(79)80-35-45-21-23-64(22-12-26-75(45)64)36-81-62-68-57-49(59(69-62)72-24-8-6-7-9-25-72)33-65-56-48-16-11-14-43-13-10-15-47(55(43)48)39(3)54(56)57/h10-11,13-20,32-33,37-40,45-46,50,53,76H,6-9,12,21-31,34-36H2,1-5H3,(H,67,77)/t39?,40-,45+,46+,50-,53+,64-/m0/s1. The minimum absolute atomic E-state index is 0.0414. The molecule has 0 radical (unpaired) electrons. The largest absolute Gasteiger partial charge is 0.461 e. The van der Waals surface area contributed by atoms with Crippen molar-refractivity contribution in [1.82, 2.24) is 45.1 Å². The van der Waals surface area contributed by atoms with Gasteiger partial charge in [0.25, 0.3) is 0 Å². The number of aryl methyl sites for hydroxylation is 1. The van der Waals surface area contributed by atoms with Gasteiger partial charge in [-0.25, -0.2) is 9.78 Å². The van der Waals surface area contributed by atoms with Gasteiger partial charge in [0.05, 0.1) is 50.4 Å². The molecule has 0 bridgehead atoms. The highest BCUT2D eigenvalue weighted by atomic mass is 32.1. The number of aliphatic hydroxyl groups is 1. The number of ether oxygens (including phenoxy) is 2. The van der Waals surface area contributed by atoms with E-state index in [9.17, 15) is 19.5 Å². The third-order valence-electron chi connectivity index (χ3n) is 18.9. The van der Waals surface area contributed by atoms with Crippen LogP contribution in [-0.2, 0) is 14.3 Å². The Morgan fingerprint density at radius 1 is 0.892 bits per heavy atom. The van der Waals surface area contributed by atoms with Gasteiger partial charge < -0.3 is 44.0 Å². The van der Waals surface area contributed by atoms with Crippen molar-refractivity contribution in [3.05, 3.63) is 107 Å². The molecule has 9 heterocycles. The molecular formula is C64H75N11O7S. The van der Waals surface area contributed by atoms with Crippen LogP contribution in [0, 0.1) is 12.8 Å². The molecule has 83 heavy (non-hydrogen) atoms. The highest BCUT2D eigenvalue weighted by molar-refractivity contribution is 7.13. The lowest BCUT2D eigenvalue weighted by Crippen LogP contribution is -2.50. The highest BCUT2D eigenvalue weighted by Gasteiger charge is 2.51. The van der Waals surface area contributed by atoms with Crippen LogP contribution in [0.15, 0.2) is 83.0 Å². The number of benzene rings is 3. The van der Waals surface area contributed by atoms with Gasteiger partial charge in [-0.3, -0.25) is 19.5 Å². The van der Waals surface area contributed by atoms with Crippen molar-refractivity contribution in [2.24, 2.45) is 5.92 Å². The van der Waals surface area contributed by atoms with Crippen LogP contribution in [0.4, 0.5) is 16.4 Å². The SMILES string of the molecule is Cc1ncsc1-c1ccc([C@H](C)NC(=O)[C@@H]2C[C@@H](O)CN2C(=O)[C@@H](c2cc(N3CCN(C(=O)OC[C@H]4CC[C@]5(COc6nc(N7CCCCCC7)c7cnc8c(c7n6)C(C)c6cccc7cccc-8c67)CCCN45)CC3)no2)C(C)C)cc1. The molecule has 6 aliphatic rings. The van der Waals surface area contributed by atoms with E-state index in [1.165, 1.54) is 34.1 Å². The van der Waals surface area contributed by atoms with Crippen LogP contribution in [0.1, 0.15) is 132 Å². The number of thiazole rings is 1. The number of piperazine rings is 1. The lowest BCUT2D eigenvalue weighted by Gasteiger charge is -2.36. The van der Waals surface area contributed by atoms with E-state index < -0.39 is 18.1 Å². The number of likely N-dealkylation sites (tertiary alicyclic amines) is 1. The van der Waals surface area contributed by atoms with Gasteiger partial charge in [0.15, 0.2) is 11.6 Å². The van der Waals surface area contributed by atoms with Crippen LogP contribution in [0.2, 0.25) is 0 Å². The van der Waals surface area contributed by atoms with Gasteiger partial charge >= 0.3 is 12.1 Å². The number of carbonyl (C=O) groups is 3. The van der Waals surface area contributed by atoms with Crippen LogP contribution >= 0.6 is 11.3 Å². The Balaban J connectivity index is 0.629. The van der Waals surface area contributed by atoms with Crippen molar-refractivity contribution < 1.29 is 33.5 Å². The third kappa shape index (κ3) is 10.3. The first-order chi connectivity index (χ1) is 40.3. The summed E-state index contributed by atoms with van der Waals surface area (Å²) >= 11 is 1.59. The molecular weight excluding hydrogens is 1070 g/mol. The molecule has 18 nitrogen and oxygen atoms in total. The molecule has 3 amide bonds. The first kappa shape index (κ1) is 55.0. The zero-order valence-electron chi connectivity index (χ0n) is 48.3. The van der Waals surface area contributed by atoms with Crippen molar-refractivity contribution in [2.75, 3.05) is 75.4 Å². The van der Waals surface area contributed by atoms with E-state index in [0.29, 0.717) is 57.0 Å². The summed E-state index contributed by atoms with van der Waals surface area (Å²) < 4.78 is 18.9. The number of rotatable bonds is 14. The molecule has 434 valence electrons. The Morgan fingerprint density at radius 3 is 2.43 bits per heavy atom. The number of nitrogens with zero attached hydrogens (tertiary/aromatic N) is 10. The van der Waals surface area contributed by atoms with Crippen molar-refractivity contribution in [3.63, 3.8) is 0 Å². The first-order valence-electron chi connectivity index (χ1n) is 30.1. The number of fused-ring (bicyclic) bond motifs is 5. The number of nitrogens with one attached hydrogen (secondary N) is 1. The average molecular weight is 1140 g/mol. The quantitative estimate of drug-likeness (QED) is 0.104. The van der Waals surface area contributed by atoms with Crippen LogP contribution in [0.25, 0.3) is 43.4 Å². The molecule has 0 spiro atoms. The van der Waals surface area contributed by atoms with E-state index in [0.717, 1.165) is 113 Å². The zero-order valence-corrected chi connectivity index (χ0v) is 49.1. The Hall–Kier alpha value is -7.22. The fraction of sp³-hybridized carbons (Fsp3) is 0.500. The minimum Gasteiger partial charge on any atom is -0.461 e. The molecule has 1 unspecified atom stereocenters. The number of hydrogen-bond donors (Lipinski definition) is 2. The summed E-state index contributed by atoms with van der Waals surface area (Å²) in [5.41, 5.74) is 10.1. The predicted octanol–water partition coefficient (Wildman–Crippen LogP) is 10.0. The Kier molecular flexibility index (Phi) is 15.1. The van der Waals surface area contributed by atoms with Gasteiger partial charge in [0, 0.05) is 87.6 Å². The minimum atomic E-state index is -0.847. The molecule has 1 aliphatic carbocycles. The van der Waals surface area contributed by atoms with Crippen molar-refractivity contribution in [2.45, 2.75) is 134 Å². The maximum absolute atomic E-state index is 14.5. The molecule has 3 aromatic carbocycles. The molecule has 5 aliphatic heterocycles. The molecule has 7 atom stereocenters. The Labute approximate surface area is 488 Å². The summed E-state index contributed by atoms with van der Waals surface area (Å²) in [4.78, 5) is 73.6. The van der Waals surface area contributed by atoms with Crippen molar-refractivity contribution >= 4 is 62.6 Å². The van der Waals surface area contributed by atoms with E-state index in [2.05, 4.69) is 73.5 Å². The van der Waals surface area contributed by atoms with Gasteiger partial charge in [0.2, 0.25) is 11.8 Å². The molecule has 19 heteroatoms. The van der Waals surface area contributed by atoms with Crippen LogP contribution < -0.4 is 19.9 Å². The maximum atomic E-state index is 14.5. The Bertz CT molecular complexity index is 3550. The van der Waals surface area contributed by atoms with E-state index in [1.54, 1.807) is 22.3 Å². The topological polar surface area (TPSA) is 196 Å². The number of aromatic nitrogens is 5. The number of β-amino-alcohol motifs (C(OH)–C–C–N with tert-alkyl or cyclic N) is 1. The number of aliphatic hydroxyl groups excluding tert-OH is 1. The van der Waals surface area contributed by atoms with E-state index >= 15 is 0 Å². The maximum Gasteiger partial charge on any atom is 0.409 e. The lowest BCUT2D eigenvalue weighted by atomic mass is 9.79. The third-order valence-corrected chi connectivity index (χ3v) is 19.9. The number of anilines is 2. The monoisotopic (exact) mass is 1140 g/mol. The van der Waals surface area contributed by atoms with Crippen LogP contribution in [0.5, 0.6) is 6.01 Å². The van der Waals surface area contributed by atoms with Gasteiger partial charge in [-0.1, -0.05) is 99.4 Å². The summed E-state index contributed by atoms with van der Waals surface area (Å²) in [5.74, 6) is 0.414. The predicted molar refractivity (Wildman–Crippen MR) is 320 cm³/mol. The fourth-order valence-corrected chi connectivity index (χ4v) is 15.2. The van der Waals surface area contributed by atoms with E-state index in [4.69, 9.17) is 28.9 Å². The highest BCUT2D eigenvalue weighted by Crippen LogP contribution is 2.48. The number of amides is 3. The van der Waals surface area contributed by atoms with E-state index in [1.807, 2.05) is 63.7 Å². The average Bonchev–Trinajstić information content (AvgIpc) is 3.12. The molecule has 7 aromatic rings. The van der Waals surface area contributed by atoms with Gasteiger partial charge in [-0.2, -0.15) is 9.97 Å². The summed E-state index contributed by atoms with van der Waals surface area (Å²) in [6, 6.07) is 22.2. The fourth-order valence-electron chi connectivity index (χ4n) is 14.4. The molecule has 5 fully saturated rings. The van der Waals surface area contributed by atoms with Gasteiger partial charge in [-0.15, -0.1) is 11.3 Å². The first-order valence-corrected chi connectivity index (χ1v) is 31.0. The lowest BCUT2D eigenvalue weighted by molar-refractivity contribution is -0.141. The Morgan fingerprint density at radius 2 is 1.67 bits per heavy atom. The van der Waals surface area contributed by atoms with Gasteiger partial charge in [0.1, 0.15) is 31.0 Å². The molecule has 4 aromatic heterocycles. The number of hydrogen-bond acceptors (Lipinski definition) is 16. The van der Waals surface area contributed by atoms with Crippen molar-refractivity contribution in [3.8, 4) is 27.7 Å². The second-order valence-corrected chi connectivity index (χ2v) is 25.2. The summed E-state index contributed by atoms with van der Waals surface area (Å²) in [6.45, 7) is 15.5. The van der Waals surface area contributed by atoms with E-state index in [-0.39, 0.29) is 60.3 Å². The molecule has 13 rings (SSSR count). The second kappa shape index (κ2) is 22.7.